The number of sulfonamides is 1. The Morgan fingerprint density at radius 1 is 1.07 bits per heavy atom. The molecule has 7 nitrogen and oxygen atoms in total. The largest absolute Gasteiger partial charge is 0.497 e. The van der Waals surface area contributed by atoms with E-state index < -0.39 is 10.0 Å². The van der Waals surface area contributed by atoms with E-state index in [1.54, 1.807) is 12.1 Å². The van der Waals surface area contributed by atoms with Crippen LogP contribution in [0.4, 0.5) is 0 Å². The molecule has 1 N–H and O–H groups in total. The molecule has 0 aliphatic heterocycles. The summed E-state index contributed by atoms with van der Waals surface area (Å²) in [6.45, 7) is 0.232. The third kappa shape index (κ3) is 4.60. The molecule has 0 saturated heterocycles. The van der Waals surface area contributed by atoms with Crippen LogP contribution in [0, 0.1) is 0 Å². The molecular weight excluding hydrogens is 366 g/mol. The average molecular weight is 385 g/mol. The molecule has 0 unspecified atom stereocenters. The molecule has 0 saturated carbocycles. The summed E-state index contributed by atoms with van der Waals surface area (Å²) in [5.41, 5.74) is 1.18. The van der Waals surface area contributed by atoms with Gasteiger partial charge in [-0.15, -0.1) is 0 Å². The van der Waals surface area contributed by atoms with Gasteiger partial charge in [0.25, 0.3) is 5.56 Å². The Labute approximate surface area is 157 Å². The van der Waals surface area contributed by atoms with Gasteiger partial charge in [-0.05, 0) is 12.1 Å². The summed E-state index contributed by atoms with van der Waals surface area (Å²) in [6.07, 6.45) is 1.42. The summed E-state index contributed by atoms with van der Waals surface area (Å²) < 4.78 is 33.6. The van der Waals surface area contributed by atoms with Crippen LogP contribution in [0.25, 0.3) is 11.3 Å². The number of benzene rings is 2. The molecule has 2 aromatic carbocycles. The zero-order valence-corrected chi connectivity index (χ0v) is 15.5. The number of nitrogens with one attached hydrogen (secondary N) is 1. The van der Waals surface area contributed by atoms with Crippen LogP contribution in [0.2, 0.25) is 0 Å². The van der Waals surface area contributed by atoms with E-state index in [1.807, 2.05) is 30.3 Å². The fourth-order valence-electron chi connectivity index (χ4n) is 2.51. The van der Waals surface area contributed by atoms with Crippen LogP contribution in [0.1, 0.15) is 0 Å². The zero-order valence-electron chi connectivity index (χ0n) is 14.7. The van der Waals surface area contributed by atoms with Crippen molar-refractivity contribution in [1.82, 2.24) is 14.3 Å². The van der Waals surface area contributed by atoms with Crippen LogP contribution >= 0.6 is 0 Å². The van der Waals surface area contributed by atoms with E-state index in [-0.39, 0.29) is 23.5 Å². The van der Waals surface area contributed by atoms with E-state index >= 15 is 0 Å². The lowest BCUT2D eigenvalue weighted by molar-refractivity contribution is 0.413. The maximum absolute atomic E-state index is 12.3. The number of ether oxygens (including phenoxy) is 1. The summed E-state index contributed by atoms with van der Waals surface area (Å²) in [4.78, 5) is 16.6. The van der Waals surface area contributed by atoms with Gasteiger partial charge in [0.05, 0.1) is 24.0 Å². The smallest absolute Gasteiger partial charge is 0.253 e. The van der Waals surface area contributed by atoms with Crippen molar-refractivity contribution in [2.45, 2.75) is 11.4 Å². The molecule has 0 aliphatic rings. The first-order chi connectivity index (χ1) is 13.0. The number of hydrogen-bond donors (Lipinski definition) is 1. The molecule has 0 aliphatic carbocycles. The molecule has 8 heteroatoms. The van der Waals surface area contributed by atoms with Crippen molar-refractivity contribution < 1.29 is 13.2 Å². The minimum Gasteiger partial charge on any atom is -0.497 e. The van der Waals surface area contributed by atoms with Crippen LogP contribution in [0.5, 0.6) is 5.75 Å². The minimum atomic E-state index is -3.69. The Morgan fingerprint density at radius 3 is 2.56 bits per heavy atom. The van der Waals surface area contributed by atoms with Crippen LogP contribution in [0.3, 0.4) is 0 Å². The second-order valence-corrected chi connectivity index (χ2v) is 7.52. The number of rotatable bonds is 7. The SMILES string of the molecule is COc1cccc(S(=O)(=O)NCCn2cnc(-c3ccccc3)cc2=O)c1. The van der Waals surface area contributed by atoms with Gasteiger partial charge in [0.2, 0.25) is 10.0 Å². The first kappa shape index (κ1) is 18.8. The highest BCUT2D eigenvalue weighted by Gasteiger charge is 2.14. The van der Waals surface area contributed by atoms with E-state index in [0.717, 1.165) is 5.56 Å². The summed E-state index contributed by atoms with van der Waals surface area (Å²) in [6, 6.07) is 17.0. The Balaban J connectivity index is 1.67. The molecule has 0 atom stereocenters. The Bertz CT molecular complexity index is 1080. The van der Waals surface area contributed by atoms with E-state index in [1.165, 1.54) is 36.2 Å². The summed E-state index contributed by atoms with van der Waals surface area (Å²) in [5, 5.41) is 0. The van der Waals surface area contributed by atoms with Crippen LogP contribution < -0.4 is 15.0 Å². The third-order valence-electron chi connectivity index (χ3n) is 3.95. The molecule has 1 heterocycles. The number of hydrogen-bond acceptors (Lipinski definition) is 5. The highest BCUT2D eigenvalue weighted by molar-refractivity contribution is 7.89. The van der Waals surface area contributed by atoms with Gasteiger partial charge in [0, 0.05) is 30.8 Å². The maximum Gasteiger partial charge on any atom is 0.253 e. The second kappa shape index (κ2) is 8.15. The Kier molecular flexibility index (Phi) is 5.68. The summed E-state index contributed by atoms with van der Waals surface area (Å²) in [5.74, 6) is 0.454. The van der Waals surface area contributed by atoms with Gasteiger partial charge in [0.15, 0.2) is 0 Å². The molecular formula is C19H19N3O4S. The molecule has 3 aromatic rings. The lowest BCUT2D eigenvalue weighted by atomic mass is 10.1. The average Bonchev–Trinajstić information content (AvgIpc) is 2.70. The van der Waals surface area contributed by atoms with Crippen LogP contribution in [-0.2, 0) is 16.6 Å². The van der Waals surface area contributed by atoms with E-state index in [9.17, 15) is 13.2 Å². The van der Waals surface area contributed by atoms with E-state index in [2.05, 4.69) is 9.71 Å². The fraction of sp³-hybridized carbons (Fsp3) is 0.158. The maximum atomic E-state index is 12.3. The van der Waals surface area contributed by atoms with Gasteiger partial charge in [-0.3, -0.25) is 9.36 Å². The molecule has 140 valence electrons. The van der Waals surface area contributed by atoms with Crippen molar-refractivity contribution in [2.75, 3.05) is 13.7 Å². The van der Waals surface area contributed by atoms with Crippen molar-refractivity contribution in [3.8, 4) is 17.0 Å². The molecule has 1 aromatic heterocycles. The standard InChI is InChI=1S/C19H19N3O4S/c1-26-16-8-5-9-17(12-16)27(24,25)21-10-11-22-14-20-18(13-19(22)23)15-6-3-2-4-7-15/h2-9,12-14,21H,10-11H2,1H3. The lowest BCUT2D eigenvalue weighted by Crippen LogP contribution is -2.30. The van der Waals surface area contributed by atoms with Crippen molar-refractivity contribution in [3.63, 3.8) is 0 Å². The zero-order chi connectivity index (χ0) is 19.3. The number of aromatic nitrogens is 2. The van der Waals surface area contributed by atoms with Crippen molar-refractivity contribution >= 4 is 10.0 Å². The van der Waals surface area contributed by atoms with Gasteiger partial charge in [-0.2, -0.15) is 0 Å². The highest BCUT2D eigenvalue weighted by atomic mass is 32.2. The second-order valence-electron chi connectivity index (χ2n) is 5.75. The first-order valence-electron chi connectivity index (χ1n) is 8.25. The van der Waals surface area contributed by atoms with Crippen LogP contribution in [-0.4, -0.2) is 31.6 Å². The molecule has 0 spiro atoms. The van der Waals surface area contributed by atoms with E-state index in [0.29, 0.717) is 11.4 Å². The third-order valence-corrected chi connectivity index (χ3v) is 5.40. The molecule has 0 radical (unpaired) electrons. The quantitative estimate of drug-likeness (QED) is 0.671. The molecule has 0 amide bonds. The van der Waals surface area contributed by atoms with Gasteiger partial charge < -0.3 is 4.74 Å². The van der Waals surface area contributed by atoms with Gasteiger partial charge >= 0.3 is 0 Å². The van der Waals surface area contributed by atoms with Crippen molar-refractivity contribution in [3.05, 3.63) is 77.3 Å². The number of methoxy groups -OCH3 is 1. The first-order valence-corrected chi connectivity index (χ1v) is 9.73. The van der Waals surface area contributed by atoms with Crippen molar-refractivity contribution in [1.29, 1.82) is 0 Å². The Hall–Kier alpha value is -2.97. The molecule has 0 fully saturated rings. The normalized spacial score (nSPS) is 11.3. The Morgan fingerprint density at radius 2 is 1.85 bits per heavy atom. The minimum absolute atomic E-state index is 0.0613. The molecule has 27 heavy (non-hydrogen) atoms. The van der Waals surface area contributed by atoms with Gasteiger partial charge in [-0.1, -0.05) is 36.4 Å². The van der Waals surface area contributed by atoms with Crippen molar-refractivity contribution in [2.24, 2.45) is 0 Å². The van der Waals surface area contributed by atoms with Gasteiger partial charge in [0.1, 0.15) is 5.75 Å². The summed E-state index contributed by atoms with van der Waals surface area (Å²) >= 11 is 0. The monoisotopic (exact) mass is 385 g/mol. The molecule has 3 rings (SSSR count). The number of nitrogens with zero attached hydrogens (tertiary/aromatic N) is 2. The fourth-order valence-corrected chi connectivity index (χ4v) is 3.57. The van der Waals surface area contributed by atoms with Gasteiger partial charge in [-0.25, -0.2) is 18.1 Å². The topological polar surface area (TPSA) is 90.3 Å². The predicted molar refractivity (Wildman–Crippen MR) is 102 cm³/mol. The van der Waals surface area contributed by atoms with Crippen LogP contribution in [0.15, 0.2) is 76.7 Å². The highest BCUT2D eigenvalue weighted by Crippen LogP contribution is 2.16. The predicted octanol–water partition coefficient (Wildman–Crippen LogP) is 1.90. The lowest BCUT2D eigenvalue weighted by Gasteiger charge is -2.10. The van der Waals surface area contributed by atoms with E-state index in [4.69, 9.17) is 4.74 Å². The summed E-state index contributed by atoms with van der Waals surface area (Å²) in [7, 11) is -2.22. The molecule has 0 bridgehead atoms.